The van der Waals surface area contributed by atoms with Crippen LogP contribution in [-0.2, 0) is 4.74 Å². The summed E-state index contributed by atoms with van der Waals surface area (Å²) in [5, 5.41) is 11.0. The molecule has 0 spiro atoms. The van der Waals surface area contributed by atoms with Crippen molar-refractivity contribution in [3.05, 3.63) is 40.1 Å². The number of hydrogen-bond donors (Lipinski definition) is 0. The summed E-state index contributed by atoms with van der Waals surface area (Å²) in [6.07, 6.45) is 1.25. The molecule has 0 saturated carbocycles. The number of likely N-dealkylation sites (N-methyl/N-ethyl adjacent to an activating group) is 1. The molecule has 0 saturated heterocycles. The predicted molar refractivity (Wildman–Crippen MR) is 70.3 cm³/mol. The Bertz CT molecular complexity index is 528. The van der Waals surface area contributed by atoms with Crippen molar-refractivity contribution < 1.29 is 14.5 Å². The van der Waals surface area contributed by atoms with Crippen LogP contribution < -0.4 is 4.90 Å². The van der Waals surface area contributed by atoms with Gasteiger partial charge in [0.1, 0.15) is 0 Å². The van der Waals surface area contributed by atoms with E-state index in [4.69, 9.17) is 0 Å². The lowest BCUT2D eigenvalue weighted by molar-refractivity contribution is -0.384. The van der Waals surface area contributed by atoms with Crippen molar-refractivity contribution in [1.82, 2.24) is 4.98 Å². The molecule has 0 bridgehead atoms. The van der Waals surface area contributed by atoms with Gasteiger partial charge >= 0.3 is 11.7 Å². The van der Waals surface area contributed by atoms with Crippen LogP contribution in [-0.4, -0.2) is 36.6 Å². The van der Waals surface area contributed by atoms with E-state index in [9.17, 15) is 14.9 Å². The molecular weight excluding hydrogens is 250 g/mol. The number of methoxy groups -OCH3 is 1. The SMILES string of the molecule is C=C(C)CN(C)c1ncc(C(=O)OC)cc1[N+](=O)[O-]. The highest BCUT2D eigenvalue weighted by Gasteiger charge is 2.22. The van der Waals surface area contributed by atoms with E-state index in [1.165, 1.54) is 13.3 Å². The first kappa shape index (κ1) is 14.6. The van der Waals surface area contributed by atoms with E-state index in [1.54, 1.807) is 11.9 Å². The van der Waals surface area contributed by atoms with Crippen molar-refractivity contribution in [1.29, 1.82) is 0 Å². The summed E-state index contributed by atoms with van der Waals surface area (Å²) in [5.74, 6) is -0.481. The smallest absolute Gasteiger partial charge is 0.339 e. The highest BCUT2D eigenvalue weighted by molar-refractivity contribution is 5.90. The van der Waals surface area contributed by atoms with Crippen LogP contribution in [0, 0.1) is 10.1 Å². The molecule has 0 aliphatic rings. The molecule has 0 N–H and O–H groups in total. The Morgan fingerprint density at radius 2 is 2.26 bits per heavy atom. The summed E-state index contributed by atoms with van der Waals surface area (Å²) in [4.78, 5) is 27.4. The lowest BCUT2D eigenvalue weighted by Crippen LogP contribution is -2.21. The molecule has 0 atom stereocenters. The van der Waals surface area contributed by atoms with E-state index in [2.05, 4.69) is 16.3 Å². The minimum Gasteiger partial charge on any atom is -0.465 e. The highest BCUT2D eigenvalue weighted by Crippen LogP contribution is 2.26. The van der Waals surface area contributed by atoms with E-state index < -0.39 is 10.9 Å². The second-order valence-corrected chi connectivity index (χ2v) is 4.13. The molecule has 7 nitrogen and oxygen atoms in total. The summed E-state index contributed by atoms with van der Waals surface area (Å²) in [7, 11) is 2.87. The molecule has 0 fully saturated rings. The highest BCUT2D eigenvalue weighted by atomic mass is 16.6. The zero-order valence-electron chi connectivity index (χ0n) is 11.0. The third-order valence-electron chi connectivity index (χ3n) is 2.33. The molecule has 19 heavy (non-hydrogen) atoms. The number of carbonyl (C=O) groups is 1. The van der Waals surface area contributed by atoms with Gasteiger partial charge in [-0.3, -0.25) is 10.1 Å². The summed E-state index contributed by atoms with van der Waals surface area (Å²) in [6.45, 7) is 5.99. The second-order valence-electron chi connectivity index (χ2n) is 4.13. The molecule has 0 aliphatic heterocycles. The van der Waals surface area contributed by atoms with Crippen LogP contribution in [0.15, 0.2) is 24.4 Å². The van der Waals surface area contributed by atoms with Gasteiger partial charge in [0, 0.05) is 25.9 Å². The fraction of sp³-hybridized carbons (Fsp3) is 0.333. The van der Waals surface area contributed by atoms with Crippen molar-refractivity contribution in [3.8, 4) is 0 Å². The number of rotatable bonds is 5. The van der Waals surface area contributed by atoms with E-state index in [0.717, 1.165) is 11.6 Å². The van der Waals surface area contributed by atoms with Gasteiger partial charge in [0.25, 0.3) is 0 Å². The lowest BCUT2D eigenvalue weighted by Gasteiger charge is -2.17. The van der Waals surface area contributed by atoms with E-state index in [0.29, 0.717) is 6.54 Å². The van der Waals surface area contributed by atoms with Gasteiger partial charge in [-0.05, 0) is 6.92 Å². The Morgan fingerprint density at radius 1 is 1.63 bits per heavy atom. The minimum absolute atomic E-state index is 0.0432. The van der Waals surface area contributed by atoms with E-state index >= 15 is 0 Å². The third-order valence-corrected chi connectivity index (χ3v) is 2.33. The van der Waals surface area contributed by atoms with Crippen LogP contribution in [0.2, 0.25) is 0 Å². The van der Waals surface area contributed by atoms with Crippen molar-refractivity contribution in [2.45, 2.75) is 6.92 Å². The maximum atomic E-state index is 11.3. The zero-order valence-corrected chi connectivity index (χ0v) is 11.0. The number of aromatic nitrogens is 1. The fourth-order valence-corrected chi connectivity index (χ4v) is 1.58. The monoisotopic (exact) mass is 265 g/mol. The standard InChI is InChI=1S/C12H15N3O4/c1-8(2)7-14(3)11-10(15(17)18)5-9(6-13-11)12(16)19-4/h5-6H,1,7H2,2-4H3. The van der Waals surface area contributed by atoms with Crippen LogP contribution >= 0.6 is 0 Å². The van der Waals surface area contributed by atoms with Gasteiger partial charge in [0.2, 0.25) is 5.82 Å². The molecule has 1 aromatic rings. The number of nitrogens with zero attached hydrogens (tertiary/aromatic N) is 3. The average molecular weight is 265 g/mol. The molecular formula is C12H15N3O4. The summed E-state index contributed by atoms with van der Waals surface area (Å²) in [5.41, 5.74) is 0.643. The Hall–Kier alpha value is -2.44. The molecule has 0 amide bonds. The molecule has 1 rings (SSSR count). The first-order valence-corrected chi connectivity index (χ1v) is 5.45. The van der Waals surface area contributed by atoms with Crippen LogP contribution in [0.25, 0.3) is 0 Å². The van der Waals surface area contributed by atoms with Gasteiger partial charge in [-0.25, -0.2) is 9.78 Å². The number of pyridine rings is 1. The summed E-state index contributed by atoms with van der Waals surface area (Å²) in [6, 6.07) is 1.16. The van der Waals surface area contributed by atoms with Crippen molar-refractivity contribution >= 4 is 17.5 Å². The topological polar surface area (TPSA) is 85.6 Å². The Kier molecular flexibility index (Phi) is 4.57. The normalized spacial score (nSPS) is 9.84. The van der Waals surface area contributed by atoms with Gasteiger partial charge in [-0.1, -0.05) is 12.2 Å². The van der Waals surface area contributed by atoms with Crippen LogP contribution in [0.5, 0.6) is 0 Å². The molecule has 1 heterocycles. The largest absolute Gasteiger partial charge is 0.465 e. The van der Waals surface area contributed by atoms with Crippen LogP contribution in [0.3, 0.4) is 0 Å². The minimum atomic E-state index is -0.662. The molecule has 102 valence electrons. The van der Waals surface area contributed by atoms with Gasteiger partial charge < -0.3 is 9.64 Å². The molecule has 0 unspecified atom stereocenters. The van der Waals surface area contributed by atoms with Crippen LogP contribution in [0.4, 0.5) is 11.5 Å². The van der Waals surface area contributed by atoms with Gasteiger partial charge in [0.05, 0.1) is 17.6 Å². The molecule has 7 heteroatoms. The maximum absolute atomic E-state index is 11.3. The van der Waals surface area contributed by atoms with Crippen molar-refractivity contribution in [2.75, 3.05) is 25.6 Å². The molecule has 0 aliphatic carbocycles. The molecule has 0 aromatic carbocycles. The van der Waals surface area contributed by atoms with E-state index in [1.807, 2.05) is 6.92 Å². The quantitative estimate of drug-likeness (QED) is 0.349. The van der Waals surface area contributed by atoms with Gasteiger partial charge in [-0.15, -0.1) is 0 Å². The lowest BCUT2D eigenvalue weighted by atomic mass is 10.2. The zero-order chi connectivity index (χ0) is 14.6. The first-order chi connectivity index (χ1) is 8.86. The summed E-state index contributed by atoms with van der Waals surface area (Å²) >= 11 is 0. The second kappa shape index (κ2) is 5.94. The number of hydrogen-bond acceptors (Lipinski definition) is 6. The van der Waals surface area contributed by atoms with Crippen molar-refractivity contribution in [3.63, 3.8) is 0 Å². The van der Waals surface area contributed by atoms with E-state index in [-0.39, 0.29) is 17.1 Å². The number of esters is 1. The predicted octanol–water partition coefficient (Wildman–Crippen LogP) is 1.79. The summed E-state index contributed by atoms with van der Waals surface area (Å²) < 4.78 is 4.51. The van der Waals surface area contributed by atoms with Crippen LogP contribution in [0.1, 0.15) is 17.3 Å². The van der Waals surface area contributed by atoms with Crippen molar-refractivity contribution in [2.24, 2.45) is 0 Å². The average Bonchev–Trinajstić information content (AvgIpc) is 2.36. The molecule has 1 aromatic heterocycles. The van der Waals surface area contributed by atoms with Gasteiger partial charge in [0.15, 0.2) is 0 Å². The Balaban J connectivity index is 3.22. The maximum Gasteiger partial charge on any atom is 0.339 e. The number of nitro groups is 1. The Morgan fingerprint density at radius 3 is 2.74 bits per heavy atom. The number of anilines is 1. The number of carbonyl (C=O) groups excluding carboxylic acids is 1. The Labute approximate surface area is 110 Å². The number of ether oxygens (including phenoxy) is 1. The molecule has 0 radical (unpaired) electrons. The third kappa shape index (κ3) is 3.51. The van der Waals surface area contributed by atoms with Gasteiger partial charge in [-0.2, -0.15) is 0 Å². The fourth-order valence-electron chi connectivity index (χ4n) is 1.58. The first-order valence-electron chi connectivity index (χ1n) is 5.45.